The predicted octanol–water partition coefficient (Wildman–Crippen LogP) is 3.61. The van der Waals surface area contributed by atoms with Crippen LogP contribution in [0.25, 0.3) is 11.3 Å². The number of hydrogen-bond acceptors (Lipinski definition) is 7. The van der Waals surface area contributed by atoms with E-state index in [9.17, 15) is 4.79 Å². The highest BCUT2D eigenvalue weighted by molar-refractivity contribution is 6.00. The molecule has 214 valence electrons. The number of aryl methyl sites for hydroxylation is 3. The smallest absolute Gasteiger partial charge is 0.257 e. The summed E-state index contributed by atoms with van der Waals surface area (Å²) in [6, 6.07) is 14.5. The van der Waals surface area contributed by atoms with Gasteiger partial charge in [0.2, 0.25) is 5.95 Å². The molecule has 1 amide bonds. The lowest BCUT2D eigenvalue weighted by Gasteiger charge is -2.32. The van der Waals surface area contributed by atoms with Gasteiger partial charge in [-0.2, -0.15) is 0 Å². The fourth-order valence-corrected chi connectivity index (χ4v) is 5.22. The molecule has 3 heterocycles. The van der Waals surface area contributed by atoms with Gasteiger partial charge in [-0.25, -0.2) is 9.97 Å². The quantitative estimate of drug-likeness (QED) is 0.527. The van der Waals surface area contributed by atoms with Crippen molar-refractivity contribution in [2.75, 3.05) is 78.4 Å². The van der Waals surface area contributed by atoms with Gasteiger partial charge in [0.1, 0.15) is 0 Å². The molecule has 2 saturated heterocycles. The Morgan fingerprint density at radius 1 is 0.900 bits per heavy atom. The maximum Gasteiger partial charge on any atom is 0.257 e. The molecule has 40 heavy (non-hydrogen) atoms. The first kappa shape index (κ1) is 29.6. The zero-order valence-corrected chi connectivity index (χ0v) is 25.1. The average Bonchev–Trinajstić information content (AvgIpc) is 2.93. The number of piperazine rings is 2. The van der Waals surface area contributed by atoms with Crippen molar-refractivity contribution in [2.24, 2.45) is 0 Å². The lowest BCUT2D eigenvalue weighted by molar-refractivity contribution is 0.0785. The monoisotopic (exact) mass is 543 g/mol. The molecular formula is C32H45N7O. The second-order valence-electron chi connectivity index (χ2n) is 11.2. The number of rotatable bonds is 5. The van der Waals surface area contributed by atoms with E-state index in [1.54, 1.807) is 11.1 Å². The Morgan fingerprint density at radius 3 is 2.12 bits per heavy atom. The van der Waals surface area contributed by atoms with E-state index in [4.69, 9.17) is 4.98 Å². The second-order valence-corrected chi connectivity index (χ2v) is 11.2. The normalized spacial score (nSPS) is 16.3. The van der Waals surface area contributed by atoms with Crippen molar-refractivity contribution in [3.05, 3.63) is 76.5 Å². The Kier molecular flexibility index (Phi) is 10.3. The molecule has 0 aliphatic carbocycles. The van der Waals surface area contributed by atoms with E-state index in [-0.39, 0.29) is 5.91 Å². The number of likely N-dealkylation sites (N-methyl/N-ethyl adjacent to an activating group) is 2. The van der Waals surface area contributed by atoms with Gasteiger partial charge in [-0.1, -0.05) is 53.6 Å². The van der Waals surface area contributed by atoms with E-state index in [0.29, 0.717) is 23.8 Å². The van der Waals surface area contributed by atoms with Gasteiger partial charge < -0.3 is 24.9 Å². The van der Waals surface area contributed by atoms with Crippen molar-refractivity contribution in [1.82, 2.24) is 30.0 Å². The predicted molar refractivity (Wildman–Crippen MR) is 164 cm³/mol. The van der Waals surface area contributed by atoms with Crippen molar-refractivity contribution in [1.29, 1.82) is 0 Å². The van der Waals surface area contributed by atoms with E-state index in [0.717, 1.165) is 56.0 Å². The maximum absolute atomic E-state index is 13.6. The minimum absolute atomic E-state index is 0.0719. The summed E-state index contributed by atoms with van der Waals surface area (Å²) in [6.07, 6.45) is 1.71. The van der Waals surface area contributed by atoms with Gasteiger partial charge in [0.05, 0.1) is 11.3 Å². The number of benzene rings is 2. The highest BCUT2D eigenvalue weighted by Crippen LogP contribution is 2.28. The average molecular weight is 544 g/mol. The van der Waals surface area contributed by atoms with Crippen LogP contribution in [0.4, 0.5) is 5.95 Å². The number of nitrogens with zero attached hydrogens (tertiary/aromatic N) is 6. The minimum Gasteiger partial charge on any atom is -0.338 e. The van der Waals surface area contributed by atoms with E-state index < -0.39 is 0 Å². The van der Waals surface area contributed by atoms with Gasteiger partial charge in [0.15, 0.2) is 0 Å². The van der Waals surface area contributed by atoms with Crippen molar-refractivity contribution in [2.45, 2.75) is 27.3 Å². The molecule has 5 rings (SSSR count). The van der Waals surface area contributed by atoms with Gasteiger partial charge in [-0.05, 0) is 46.0 Å². The molecule has 1 N–H and O–H groups in total. The molecule has 8 nitrogen and oxygen atoms in total. The van der Waals surface area contributed by atoms with Crippen LogP contribution in [-0.4, -0.2) is 104 Å². The lowest BCUT2D eigenvalue weighted by Crippen LogP contribution is -2.45. The van der Waals surface area contributed by atoms with Gasteiger partial charge in [0.25, 0.3) is 5.91 Å². The first-order chi connectivity index (χ1) is 19.2. The summed E-state index contributed by atoms with van der Waals surface area (Å²) in [5, 5.41) is 3.27. The van der Waals surface area contributed by atoms with Crippen LogP contribution in [0.15, 0.2) is 48.7 Å². The summed E-state index contributed by atoms with van der Waals surface area (Å²) in [7, 11) is 6.13. The largest absolute Gasteiger partial charge is 0.338 e. The van der Waals surface area contributed by atoms with Crippen LogP contribution in [0, 0.1) is 20.8 Å². The fourth-order valence-electron chi connectivity index (χ4n) is 5.22. The van der Waals surface area contributed by atoms with Gasteiger partial charge in [0, 0.05) is 77.7 Å². The Labute approximate surface area is 240 Å². The first-order valence-corrected chi connectivity index (χ1v) is 14.3. The molecule has 1 aromatic heterocycles. The molecule has 2 aromatic carbocycles. The molecule has 0 bridgehead atoms. The zero-order valence-electron chi connectivity index (χ0n) is 25.1. The van der Waals surface area contributed by atoms with E-state index in [1.165, 1.54) is 24.2 Å². The van der Waals surface area contributed by atoms with Crippen LogP contribution in [-0.2, 0) is 6.54 Å². The maximum atomic E-state index is 13.6. The molecule has 3 aromatic rings. The topological polar surface area (TPSA) is 67.8 Å². The zero-order chi connectivity index (χ0) is 28.6. The van der Waals surface area contributed by atoms with Crippen molar-refractivity contribution < 1.29 is 4.79 Å². The highest BCUT2D eigenvalue weighted by Gasteiger charge is 2.23. The highest BCUT2D eigenvalue weighted by atomic mass is 16.2. The second kappa shape index (κ2) is 13.8. The van der Waals surface area contributed by atoms with E-state index in [1.807, 2.05) is 25.2 Å². The minimum atomic E-state index is -0.0719. The van der Waals surface area contributed by atoms with Crippen molar-refractivity contribution in [3.63, 3.8) is 0 Å². The Bertz CT molecular complexity index is 1260. The summed E-state index contributed by atoms with van der Waals surface area (Å²) in [5.41, 5.74) is 6.82. The standard InChI is InChI=1S/C27H33N5O.C5H12N2/c1-19-14-20(2)16-22(15-19)18-31(5)26(33)24-17-28-27(32-12-10-30(4)11-13-32)29-25(24)23-9-7-6-8-21(23)3;1-7-4-2-6-3-5-7/h6-9,14-17H,10-13,18H2,1-5H3;6H,2-5H2,1H3. The van der Waals surface area contributed by atoms with E-state index in [2.05, 4.69) is 84.1 Å². The van der Waals surface area contributed by atoms with Crippen molar-refractivity contribution in [3.8, 4) is 11.3 Å². The number of carbonyl (C=O) groups excluding carboxylic acids is 1. The first-order valence-electron chi connectivity index (χ1n) is 14.3. The van der Waals surface area contributed by atoms with Gasteiger partial charge in [-0.3, -0.25) is 4.79 Å². The molecule has 2 fully saturated rings. The Morgan fingerprint density at radius 2 is 1.52 bits per heavy atom. The molecule has 2 aliphatic heterocycles. The van der Waals surface area contributed by atoms with Crippen LogP contribution in [0.2, 0.25) is 0 Å². The third-order valence-corrected chi connectivity index (χ3v) is 7.58. The number of carbonyl (C=O) groups is 1. The van der Waals surface area contributed by atoms with Gasteiger partial charge in [-0.15, -0.1) is 0 Å². The Hall–Kier alpha value is -3.33. The fraction of sp³-hybridized carbons (Fsp3) is 0.469. The molecule has 8 heteroatoms. The molecule has 0 radical (unpaired) electrons. The number of amides is 1. The number of anilines is 1. The third kappa shape index (κ3) is 7.87. The summed E-state index contributed by atoms with van der Waals surface area (Å²) < 4.78 is 0. The van der Waals surface area contributed by atoms with Crippen LogP contribution in [0.5, 0.6) is 0 Å². The number of nitrogens with one attached hydrogen (secondary N) is 1. The summed E-state index contributed by atoms with van der Waals surface area (Å²) in [6.45, 7) is 15.2. The van der Waals surface area contributed by atoms with Crippen LogP contribution >= 0.6 is 0 Å². The lowest BCUT2D eigenvalue weighted by atomic mass is 10.0. The molecule has 0 spiro atoms. The van der Waals surface area contributed by atoms with Crippen LogP contribution in [0.3, 0.4) is 0 Å². The van der Waals surface area contributed by atoms with Crippen LogP contribution < -0.4 is 10.2 Å². The van der Waals surface area contributed by atoms with E-state index >= 15 is 0 Å². The molecule has 0 atom stereocenters. The Balaban J connectivity index is 0.000000461. The SMILES string of the molecule is CN1CCNCC1.Cc1cc(C)cc(CN(C)C(=O)c2cnc(N3CCN(C)CC3)nc2-c2ccccc2C)c1. The van der Waals surface area contributed by atoms with Gasteiger partial charge >= 0.3 is 0 Å². The molecule has 2 aliphatic rings. The van der Waals surface area contributed by atoms with Crippen LogP contribution in [0.1, 0.15) is 32.6 Å². The molecule has 0 unspecified atom stereocenters. The summed E-state index contributed by atoms with van der Waals surface area (Å²) in [5.74, 6) is 0.618. The molecule has 0 saturated carbocycles. The number of hydrogen-bond donors (Lipinski definition) is 1. The van der Waals surface area contributed by atoms with Crippen molar-refractivity contribution >= 4 is 11.9 Å². The third-order valence-electron chi connectivity index (χ3n) is 7.58. The summed E-state index contributed by atoms with van der Waals surface area (Å²) in [4.78, 5) is 31.7. The summed E-state index contributed by atoms with van der Waals surface area (Å²) >= 11 is 0. The molecular weight excluding hydrogens is 498 g/mol. The number of aromatic nitrogens is 2.